The molecule has 0 aliphatic rings. The third-order valence-electron chi connectivity index (χ3n) is 5.31. The Morgan fingerprint density at radius 1 is 0.759 bits per heavy atom. The summed E-state index contributed by atoms with van der Waals surface area (Å²) in [6, 6.07) is 0. The third kappa shape index (κ3) is 17.4. The van der Waals surface area contributed by atoms with Gasteiger partial charge < -0.3 is 20.1 Å². The molecule has 0 spiro atoms. The van der Waals surface area contributed by atoms with Crippen molar-refractivity contribution >= 4 is 11.9 Å². The van der Waals surface area contributed by atoms with Gasteiger partial charge in [0.05, 0.1) is 6.61 Å². The molecule has 0 saturated carbocycles. The monoisotopic (exact) mass is 416 g/mol. The van der Waals surface area contributed by atoms with E-state index in [1.807, 2.05) is 0 Å². The number of rotatable bonds is 21. The van der Waals surface area contributed by atoms with E-state index in [9.17, 15) is 9.59 Å². The summed E-state index contributed by atoms with van der Waals surface area (Å²) < 4.78 is 4.76. The Hall–Kier alpha value is -1.14. The normalized spacial score (nSPS) is 13.2. The number of carbonyl (C=O) groups is 2. The van der Waals surface area contributed by atoms with Gasteiger partial charge in [0, 0.05) is 0 Å². The predicted molar refractivity (Wildman–Crippen MR) is 115 cm³/mol. The second-order valence-corrected chi connectivity index (χ2v) is 8.10. The zero-order valence-electron chi connectivity index (χ0n) is 18.4. The summed E-state index contributed by atoms with van der Waals surface area (Å²) in [6.07, 6.45) is 17.6. The Morgan fingerprint density at radius 3 is 1.55 bits per heavy atom. The lowest BCUT2D eigenvalue weighted by molar-refractivity contribution is -0.161. The summed E-state index contributed by atoms with van der Waals surface area (Å²) in [6.45, 7) is 1.35. The first kappa shape index (κ1) is 27.9. The fourth-order valence-corrected chi connectivity index (χ4v) is 3.39. The number of hydrogen-bond acceptors (Lipinski definition) is 5. The van der Waals surface area contributed by atoms with E-state index in [1.54, 1.807) is 0 Å². The number of ether oxygens (including phenoxy) is 1. The van der Waals surface area contributed by atoms with Gasteiger partial charge in [-0.2, -0.15) is 0 Å². The van der Waals surface area contributed by atoms with Crippen molar-refractivity contribution in [2.45, 2.75) is 116 Å². The molecule has 3 N–H and O–H groups in total. The van der Waals surface area contributed by atoms with Gasteiger partial charge in [0.15, 0.2) is 5.92 Å². The van der Waals surface area contributed by atoms with E-state index in [-0.39, 0.29) is 13.0 Å². The van der Waals surface area contributed by atoms with Crippen LogP contribution >= 0.6 is 0 Å². The molecule has 2 unspecified atom stereocenters. The van der Waals surface area contributed by atoms with E-state index in [2.05, 4.69) is 6.92 Å². The Morgan fingerprint density at radius 2 is 1.17 bits per heavy atom. The first-order chi connectivity index (χ1) is 14.0. The lowest BCUT2D eigenvalue weighted by Gasteiger charge is -2.13. The molecule has 2 atom stereocenters. The van der Waals surface area contributed by atoms with E-state index in [0.29, 0.717) is 6.42 Å². The highest BCUT2D eigenvalue weighted by Crippen LogP contribution is 2.16. The maximum absolute atomic E-state index is 11.8. The molecule has 0 aromatic heterocycles. The van der Waals surface area contributed by atoms with E-state index >= 15 is 0 Å². The van der Waals surface area contributed by atoms with E-state index < -0.39 is 30.6 Å². The average molecular weight is 417 g/mol. The van der Waals surface area contributed by atoms with Crippen molar-refractivity contribution in [1.29, 1.82) is 0 Å². The molecule has 0 amide bonds. The number of esters is 1. The minimum Gasteiger partial charge on any atom is -0.481 e. The molecule has 0 aromatic rings. The lowest BCUT2D eigenvalue weighted by Crippen LogP contribution is -2.29. The number of carboxylic acid groups (broad SMARTS) is 1. The average Bonchev–Trinajstić information content (AvgIpc) is 2.71. The first-order valence-electron chi connectivity index (χ1n) is 11.7. The number of unbranched alkanes of at least 4 members (excludes halogenated alkanes) is 14. The van der Waals surface area contributed by atoms with Crippen molar-refractivity contribution in [3.05, 3.63) is 0 Å². The smallest absolute Gasteiger partial charge is 0.320 e. The molecule has 0 rings (SSSR count). The van der Waals surface area contributed by atoms with Crippen LogP contribution in [0.15, 0.2) is 0 Å². The number of aliphatic carboxylic acids is 1. The fourth-order valence-electron chi connectivity index (χ4n) is 3.39. The zero-order chi connectivity index (χ0) is 21.7. The van der Waals surface area contributed by atoms with Crippen molar-refractivity contribution in [2.75, 3.05) is 13.2 Å². The minimum atomic E-state index is -1.20. The minimum absolute atomic E-state index is 0.252. The van der Waals surface area contributed by atoms with Crippen molar-refractivity contribution in [3.63, 3.8) is 0 Å². The van der Waals surface area contributed by atoms with Crippen LogP contribution in [0.2, 0.25) is 0 Å². The largest absolute Gasteiger partial charge is 0.481 e. The maximum Gasteiger partial charge on any atom is 0.320 e. The second kappa shape index (κ2) is 20.1. The van der Waals surface area contributed by atoms with E-state index in [4.69, 9.17) is 20.1 Å². The first-order valence-corrected chi connectivity index (χ1v) is 11.7. The molecule has 0 aromatic carbocycles. The number of carbonyl (C=O) groups excluding carboxylic acids is 1. The Labute approximate surface area is 177 Å². The highest BCUT2D eigenvalue weighted by molar-refractivity contribution is 5.93. The molecule has 0 saturated heterocycles. The second-order valence-electron chi connectivity index (χ2n) is 8.10. The van der Waals surface area contributed by atoms with Gasteiger partial charge in [-0.05, 0) is 6.42 Å². The number of aliphatic hydroxyl groups is 2. The van der Waals surface area contributed by atoms with Gasteiger partial charge in [-0.15, -0.1) is 0 Å². The van der Waals surface area contributed by atoms with Crippen molar-refractivity contribution < 1.29 is 29.6 Å². The van der Waals surface area contributed by atoms with Gasteiger partial charge in [0.1, 0.15) is 12.7 Å². The summed E-state index contributed by atoms with van der Waals surface area (Å²) in [5.41, 5.74) is 0. The van der Waals surface area contributed by atoms with Crippen molar-refractivity contribution in [1.82, 2.24) is 0 Å². The van der Waals surface area contributed by atoms with Gasteiger partial charge in [-0.25, -0.2) is 0 Å². The lowest BCUT2D eigenvalue weighted by atomic mass is 10.00. The molecule has 6 nitrogen and oxygen atoms in total. The SMILES string of the molecule is CCCCCCCCCCCCCCCCCC(C(=O)O)C(=O)OCC(O)CO. The topological polar surface area (TPSA) is 104 Å². The van der Waals surface area contributed by atoms with Crippen LogP contribution in [0.5, 0.6) is 0 Å². The van der Waals surface area contributed by atoms with Gasteiger partial charge in [0.2, 0.25) is 0 Å². The highest BCUT2D eigenvalue weighted by Gasteiger charge is 2.27. The molecular formula is C23H44O6. The van der Waals surface area contributed by atoms with Crippen molar-refractivity contribution in [2.24, 2.45) is 5.92 Å². The summed E-state index contributed by atoms with van der Waals surface area (Å²) in [5, 5.41) is 27.0. The fraction of sp³-hybridized carbons (Fsp3) is 0.913. The van der Waals surface area contributed by atoms with Gasteiger partial charge in [-0.1, -0.05) is 103 Å². The molecule has 172 valence electrons. The van der Waals surface area contributed by atoms with E-state index in [0.717, 1.165) is 19.3 Å². The summed E-state index contributed by atoms with van der Waals surface area (Å²) in [4.78, 5) is 23.0. The van der Waals surface area contributed by atoms with Gasteiger partial charge >= 0.3 is 11.9 Å². The Balaban J connectivity index is 3.55. The summed E-state index contributed by atoms with van der Waals surface area (Å²) in [5.74, 6) is -3.22. The number of hydrogen-bond donors (Lipinski definition) is 3. The molecule has 0 radical (unpaired) electrons. The third-order valence-corrected chi connectivity index (χ3v) is 5.31. The summed E-state index contributed by atoms with van der Waals surface area (Å²) >= 11 is 0. The van der Waals surface area contributed by atoms with Crippen LogP contribution in [0.25, 0.3) is 0 Å². The van der Waals surface area contributed by atoms with Crippen LogP contribution in [0.1, 0.15) is 110 Å². The molecular weight excluding hydrogens is 372 g/mol. The van der Waals surface area contributed by atoms with Gasteiger partial charge in [-0.3, -0.25) is 9.59 Å². The Kier molecular flexibility index (Phi) is 19.4. The molecule has 29 heavy (non-hydrogen) atoms. The van der Waals surface area contributed by atoms with Crippen LogP contribution < -0.4 is 0 Å². The van der Waals surface area contributed by atoms with Crippen LogP contribution in [0, 0.1) is 5.92 Å². The van der Waals surface area contributed by atoms with Crippen LogP contribution in [0.3, 0.4) is 0 Å². The number of aliphatic hydroxyl groups excluding tert-OH is 2. The zero-order valence-corrected chi connectivity index (χ0v) is 18.4. The molecule has 0 fully saturated rings. The van der Waals surface area contributed by atoms with Crippen molar-refractivity contribution in [3.8, 4) is 0 Å². The molecule has 0 aliphatic heterocycles. The Bertz CT molecular complexity index is 399. The van der Waals surface area contributed by atoms with E-state index in [1.165, 1.54) is 70.6 Å². The standard InChI is InChI=1S/C23H44O6/c1-2-3-4-5-6-7-8-9-10-11-12-13-14-15-16-17-21(22(26)27)23(28)29-19-20(25)18-24/h20-21,24-25H,2-19H2,1H3,(H,26,27). The molecule has 6 heteroatoms. The molecule has 0 heterocycles. The van der Waals surface area contributed by atoms with Crippen LogP contribution in [0.4, 0.5) is 0 Å². The number of carboxylic acids is 1. The van der Waals surface area contributed by atoms with Crippen LogP contribution in [-0.2, 0) is 14.3 Å². The summed E-state index contributed by atoms with van der Waals surface area (Å²) in [7, 11) is 0. The highest BCUT2D eigenvalue weighted by atomic mass is 16.5. The van der Waals surface area contributed by atoms with Crippen LogP contribution in [-0.4, -0.2) is 46.6 Å². The molecule has 0 aliphatic carbocycles. The predicted octanol–water partition coefficient (Wildman–Crippen LogP) is 4.85. The quantitative estimate of drug-likeness (QED) is 0.140. The van der Waals surface area contributed by atoms with Gasteiger partial charge in [0.25, 0.3) is 0 Å². The maximum atomic E-state index is 11.8. The molecule has 0 bridgehead atoms.